The lowest BCUT2D eigenvalue weighted by atomic mass is 10.2. The minimum absolute atomic E-state index is 0.0815. The van der Waals surface area contributed by atoms with Crippen LogP contribution >= 0.6 is 0 Å². The molecule has 0 saturated carbocycles. The maximum Gasteiger partial charge on any atom is 0.256 e. The van der Waals surface area contributed by atoms with E-state index in [4.69, 9.17) is 9.26 Å². The molecule has 1 aromatic carbocycles. The molecule has 0 unspecified atom stereocenters. The summed E-state index contributed by atoms with van der Waals surface area (Å²) in [5.74, 6) is 0.279. The molecule has 7 heteroatoms. The topological polar surface area (TPSA) is 66.0 Å². The number of nitrogens with zero attached hydrogens (tertiary/aromatic N) is 4. The maximum absolute atomic E-state index is 13.8. The summed E-state index contributed by atoms with van der Waals surface area (Å²) < 4.78 is 27.0. The average molecular weight is 314 g/mol. The van der Waals surface area contributed by atoms with Gasteiger partial charge in [-0.25, -0.2) is 9.37 Å². The van der Waals surface area contributed by atoms with Crippen molar-refractivity contribution >= 4 is 0 Å². The van der Waals surface area contributed by atoms with Gasteiger partial charge >= 0.3 is 0 Å². The number of rotatable bonds is 4. The summed E-state index contributed by atoms with van der Waals surface area (Å²) in [6, 6.07) is 6.36. The highest BCUT2D eigenvalue weighted by molar-refractivity contribution is 5.54. The van der Waals surface area contributed by atoms with Gasteiger partial charge < -0.3 is 13.8 Å². The SMILES string of the molecule is Fc1ccccc1-c1noc([C@@H]2CC[C@H](Cn3ccnc3)O2)n1. The predicted octanol–water partition coefficient (Wildman–Crippen LogP) is 2.99. The van der Waals surface area contributed by atoms with Gasteiger partial charge in [-0.05, 0) is 25.0 Å². The van der Waals surface area contributed by atoms with Gasteiger partial charge in [0.05, 0.1) is 18.0 Å². The first kappa shape index (κ1) is 14.1. The number of halogens is 1. The molecule has 1 aliphatic heterocycles. The first-order chi connectivity index (χ1) is 11.3. The molecule has 0 amide bonds. The van der Waals surface area contributed by atoms with Crippen LogP contribution < -0.4 is 0 Å². The van der Waals surface area contributed by atoms with Crippen LogP contribution in [-0.4, -0.2) is 25.8 Å². The highest BCUT2D eigenvalue weighted by Gasteiger charge is 2.31. The molecule has 2 aromatic heterocycles. The molecule has 4 rings (SSSR count). The lowest BCUT2D eigenvalue weighted by molar-refractivity contribution is 0.0178. The van der Waals surface area contributed by atoms with E-state index in [0.29, 0.717) is 11.5 Å². The Hall–Kier alpha value is -2.54. The zero-order chi connectivity index (χ0) is 15.6. The smallest absolute Gasteiger partial charge is 0.256 e. The molecule has 0 bridgehead atoms. The molecule has 0 N–H and O–H groups in total. The molecular weight excluding hydrogens is 299 g/mol. The number of aromatic nitrogens is 4. The largest absolute Gasteiger partial charge is 0.363 e. The molecule has 23 heavy (non-hydrogen) atoms. The van der Waals surface area contributed by atoms with E-state index in [9.17, 15) is 4.39 Å². The molecule has 1 saturated heterocycles. The second-order valence-electron chi connectivity index (χ2n) is 5.52. The molecule has 0 aliphatic carbocycles. The molecule has 0 radical (unpaired) electrons. The van der Waals surface area contributed by atoms with Crippen molar-refractivity contribution in [2.75, 3.05) is 0 Å². The molecule has 3 heterocycles. The highest BCUT2D eigenvalue weighted by Crippen LogP contribution is 2.33. The van der Waals surface area contributed by atoms with E-state index >= 15 is 0 Å². The number of hydrogen-bond donors (Lipinski definition) is 0. The Bertz CT molecular complexity index is 787. The minimum atomic E-state index is -0.370. The summed E-state index contributed by atoms with van der Waals surface area (Å²) in [6.07, 6.45) is 6.96. The fraction of sp³-hybridized carbons (Fsp3) is 0.312. The van der Waals surface area contributed by atoms with Crippen LogP contribution in [0.3, 0.4) is 0 Å². The number of benzene rings is 1. The highest BCUT2D eigenvalue weighted by atomic mass is 19.1. The van der Waals surface area contributed by atoms with Gasteiger partial charge in [-0.1, -0.05) is 17.3 Å². The van der Waals surface area contributed by atoms with Crippen LogP contribution in [0.5, 0.6) is 0 Å². The van der Waals surface area contributed by atoms with Gasteiger partial charge in [-0.15, -0.1) is 0 Å². The monoisotopic (exact) mass is 314 g/mol. The Morgan fingerprint density at radius 3 is 3.00 bits per heavy atom. The summed E-state index contributed by atoms with van der Waals surface area (Å²) in [6.45, 7) is 0.741. The van der Waals surface area contributed by atoms with Gasteiger partial charge in [-0.2, -0.15) is 4.98 Å². The Morgan fingerprint density at radius 2 is 2.17 bits per heavy atom. The normalized spacial score (nSPS) is 20.9. The Labute approximate surface area is 131 Å². The van der Waals surface area contributed by atoms with Gasteiger partial charge in [0.15, 0.2) is 0 Å². The van der Waals surface area contributed by atoms with E-state index in [-0.39, 0.29) is 23.8 Å². The molecule has 6 nitrogen and oxygen atoms in total. The third-order valence-corrected chi connectivity index (χ3v) is 3.91. The van der Waals surface area contributed by atoms with Gasteiger partial charge in [0.25, 0.3) is 5.89 Å². The van der Waals surface area contributed by atoms with Crippen molar-refractivity contribution in [3.63, 3.8) is 0 Å². The van der Waals surface area contributed by atoms with Crippen molar-refractivity contribution in [1.82, 2.24) is 19.7 Å². The van der Waals surface area contributed by atoms with Crippen LogP contribution in [0.25, 0.3) is 11.4 Å². The van der Waals surface area contributed by atoms with Gasteiger partial charge in [-0.3, -0.25) is 0 Å². The molecular formula is C16H15FN4O2. The van der Waals surface area contributed by atoms with Crippen LogP contribution in [0.4, 0.5) is 4.39 Å². The van der Waals surface area contributed by atoms with Crippen molar-refractivity contribution < 1.29 is 13.7 Å². The number of imidazole rings is 1. The molecule has 118 valence electrons. The van der Waals surface area contributed by atoms with E-state index in [1.807, 2.05) is 10.8 Å². The lowest BCUT2D eigenvalue weighted by Crippen LogP contribution is -2.14. The van der Waals surface area contributed by atoms with E-state index in [1.54, 1.807) is 30.7 Å². The molecule has 0 spiro atoms. The van der Waals surface area contributed by atoms with Crippen molar-refractivity contribution in [2.45, 2.75) is 31.6 Å². The van der Waals surface area contributed by atoms with Crippen LogP contribution in [0.1, 0.15) is 24.8 Å². The molecule has 1 aliphatic rings. The Balaban J connectivity index is 1.47. The average Bonchev–Trinajstić information content (AvgIpc) is 3.29. The van der Waals surface area contributed by atoms with Crippen molar-refractivity contribution in [3.8, 4) is 11.4 Å². The Kier molecular flexibility index (Phi) is 3.63. The zero-order valence-corrected chi connectivity index (χ0v) is 12.3. The second kappa shape index (κ2) is 5.92. The Morgan fingerprint density at radius 1 is 1.26 bits per heavy atom. The summed E-state index contributed by atoms with van der Waals surface area (Å²) in [5.41, 5.74) is 0.329. The first-order valence-corrected chi connectivity index (χ1v) is 7.49. The standard InChI is InChI=1S/C16H15FN4O2/c17-13-4-2-1-3-12(13)15-19-16(23-20-15)14-6-5-11(22-14)9-21-8-7-18-10-21/h1-4,7-8,10-11,14H,5-6,9H2/t11-,14+/m1/s1. The van der Waals surface area contributed by atoms with Crippen LogP contribution in [-0.2, 0) is 11.3 Å². The summed E-state index contributed by atoms with van der Waals surface area (Å²) in [7, 11) is 0. The van der Waals surface area contributed by atoms with Gasteiger partial charge in [0.1, 0.15) is 11.9 Å². The minimum Gasteiger partial charge on any atom is -0.363 e. The quantitative estimate of drug-likeness (QED) is 0.740. The summed E-state index contributed by atoms with van der Waals surface area (Å²) >= 11 is 0. The first-order valence-electron chi connectivity index (χ1n) is 7.49. The lowest BCUT2D eigenvalue weighted by Gasteiger charge is -2.11. The number of hydrogen-bond acceptors (Lipinski definition) is 5. The third-order valence-electron chi connectivity index (χ3n) is 3.91. The van der Waals surface area contributed by atoms with Crippen molar-refractivity contribution in [2.24, 2.45) is 0 Å². The number of ether oxygens (including phenoxy) is 1. The summed E-state index contributed by atoms with van der Waals surface area (Å²) in [4.78, 5) is 8.31. The van der Waals surface area contributed by atoms with E-state index < -0.39 is 0 Å². The molecule has 1 fully saturated rings. The fourth-order valence-corrected chi connectivity index (χ4v) is 2.77. The molecule has 3 aromatic rings. The van der Waals surface area contributed by atoms with E-state index in [1.165, 1.54) is 6.07 Å². The van der Waals surface area contributed by atoms with Crippen LogP contribution in [0.2, 0.25) is 0 Å². The van der Waals surface area contributed by atoms with Gasteiger partial charge in [0.2, 0.25) is 5.82 Å². The van der Waals surface area contributed by atoms with Crippen LogP contribution in [0, 0.1) is 5.82 Å². The summed E-state index contributed by atoms with van der Waals surface area (Å²) in [5, 5.41) is 3.87. The van der Waals surface area contributed by atoms with E-state index in [2.05, 4.69) is 15.1 Å². The predicted molar refractivity (Wildman–Crippen MR) is 78.8 cm³/mol. The second-order valence-corrected chi connectivity index (χ2v) is 5.52. The fourth-order valence-electron chi connectivity index (χ4n) is 2.77. The van der Waals surface area contributed by atoms with E-state index in [0.717, 1.165) is 19.4 Å². The van der Waals surface area contributed by atoms with Crippen LogP contribution in [0.15, 0.2) is 47.5 Å². The van der Waals surface area contributed by atoms with Gasteiger partial charge in [0, 0.05) is 18.9 Å². The maximum atomic E-state index is 13.8. The third kappa shape index (κ3) is 2.87. The van der Waals surface area contributed by atoms with Crippen molar-refractivity contribution in [3.05, 3.63) is 54.7 Å². The zero-order valence-electron chi connectivity index (χ0n) is 12.3. The van der Waals surface area contributed by atoms with Crippen molar-refractivity contribution in [1.29, 1.82) is 0 Å². The molecule has 2 atom stereocenters.